The largest absolute Gasteiger partial charge is 0.353 e. The highest BCUT2D eigenvalue weighted by Crippen LogP contribution is 2.50. The van der Waals surface area contributed by atoms with Crippen LogP contribution in [0.3, 0.4) is 0 Å². The van der Waals surface area contributed by atoms with Gasteiger partial charge in [0.1, 0.15) is 6.10 Å². The van der Waals surface area contributed by atoms with Crippen molar-refractivity contribution in [2.75, 3.05) is 0 Å². The van der Waals surface area contributed by atoms with Crippen LogP contribution in [0.4, 0.5) is 0 Å². The van der Waals surface area contributed by atoms with Gasteiger partial charge in [0.15, 0.2) is 11.4 Å². The molecule has 0 aliphatic carbocycles. The first-order chi connectivity index (χ1) is 9.70. The van der Waals surface area contributed by atoms with Crippen molar-refractivity contribution in [3.8, 4) is 0 Å². The molecule has 0 unspecified atom stereocenters. The molecule has 0 radical (unpaired) electrons. The van der Waals surface area contributed by atoms with Crippen molar-refractivity contribution in [1.82, 2.24) is 0 Å². The van der Waals surface area contributed by atoms with Gasteiger partial charge in [-0.15, -0.1) is 0 Å². The van der Waals surface area contributed by atoms with Crippen LogP contribution in [0.5, 0.6) is 0 Å². The highest BCUT2D eigenvalue weighted by Gasteiger charge is 2.57. The van der Waals surface area contributed by atoms with E-state index in [0.717, 1.165) is 11.1 Å². The molecule has 1 aliphatic heterocycles. The van der Waals surface area contributed by atoms with E-state index in [-0.39, 0.29) is 11.9 Å². The molecule has 2 nitrogen and oxygen atoms in total. The van der Waals surface area contributed by atoms with E-state index in [0.29, 0.717) is 0 Å². The average Bonchev–Trinajstić information content (AvgIpc) is 3.20. The normalized spacial score (nSPS) is 24.8. The topological polar surface area (TPSA) is 29.6 Å². The summed E-state index contributed by atoms with van der Waals surface area (Å²) < 4.78 is 5.64. The molecule has 1 heterocycles. The first-order valence-corrected chi connectivity index (χ1v) is 6.70. The fraction of sp³-hybridized carbons (Fsp3) is 0.167. The summed E-state index contributed by atoms with van der Waals surface area (Å²) in [6.45, 7) is 1.85. The van der Waals surface area contributed by atoms with Gasteiger partial charge in [0, 0.05) is 0 Å². The highest BCUT2D eigenvalue weighted by atomic mass is 16.6. The van der Waals surface area contributed by atoms with Crippen molar-refractivity contribution in [2.45, 2.75) is 18.6 Å². The number of hydrogen-bond donors (Lipinski definition) is 0. The van der Waals surface area contributed by atoms with Crippen LogP contribution in [0.1, 0.15) is 24.2 Å². The number of carbonyl (C=O) groups excluding carboxylic acids is 1. The Hall–Kier alpha value is -2.19. The molecule has 2 aromatic carbocycles. The predicted molar refractivity (Wildman–Crippen MR) is 79.2 cm³/mol. The van der Waals surface area contributed by atoms with Crippen LogP contribution in [-0.2, 0) is 9.53 Å². The van der Waals surface area contributed by atoms with Crippen molar-refractivity contribution >= 4 is 11.9 Å². The second-order valence-electron chi connectivity index (χ2n) is 5.12. The molecule has 2 heteroatoms. The van der Waals surface area contributed by atoms with E-state index in [1.807, 2.05) is 73.7 Å². The lowest BCUT2D eigenvalue weighted by molar-refractivity contribution is -0.118. The van der Waals surface area contributed by atoms with Crippen molar-refractivity contribution < 1.29 is 9.53 Å². The Balaban J connectivity index is 1.71. The van der Waals surface area contributed by atoms with Crippen LogP contribution >= 0.6 is 0 Å². The van der Waals surface area contributed by atoms with E-state index < -0.39 is 5.60 Å². The van der Waals surface area contributed by atoms with Gasteiger partial charge in [-0.05, 0) is 24.1 Å². The Kier molecular flexibility index (Phi) is 3.25. The van der Waals surface area contributed by atoms with Gasteiger partial charge < -0.3 is 4.74 Å². The van der Waals surface area contributed by atoms with Crippen LogP contribution in [0, 0.1) is 0 Å². The molecule has 0 spiro atoms. The van der Waals surface area contributed by atoms with Crippen LogP contribution in [-0.4, -0.2) is 11.4 Å². The van der Waals surface area contributed by atoms with E-state index in [4.69, 9.17) is 4.74 Å². The number of hydrogen-bond acceptors (Lipinski definition) is 2. The molecule has 100 valence electrons. The number of epoxide rings is 1. The van der Waals surface area contributed by atoms with Crippen LogP contribution < -0.4 is 0 Å². The Morgan fingerprint density at radius 1 is 1.05 bits per heavy atom. The zero-order chi connectivity index (χ0) is 14.0. The molecule has 2 atom stereocenters. The number of benzene rings is 2. The maximum absolute atomic E-state index is 12.3. The summed E-state index contributed by atoms with van der Waals surface area (Å²) in [7, 11) is 0. The molecule has 0 aromatic heterocycles. The van der Waals surface area contributed by atoms with Crippen molar-refractivity contribution in [2.24, 2.45) is 0 Å². The average molecular weight is 264 g/mol. The van der Waals surface area contributed by atoms with Crippen LogP contribution in [0.25, 0.3) is 6.08 Å². The standard InChI is InChI=1S/C18H16O2/c1-18(17(20-18)15-10-6-3-7-11-15)16(19)13-12-14-8-4-2-5-9-14/h2-13,17H,1H3/b13-12+/t17-,18-/m0/s1. The summed E-state index contributed by atoms with van der Waals surface area (Å²) in [5.41, 5.74) is 1.35. The van der Waals surface area contributed by atoms with E-state index >= 15 is 0 Å². The molecule has 1 saturated heterocycles. The van der Waals surface area contributed by atoms with Crippen molar-refractivity contribution in [3.05, 3.63) is 77.9 Å². The van der Waals surface area contributed by atoms with E-state index in [1.165, 1.54) is 0 Å². The van der Waals surface area contributed by atoms with E-state index in [9.17, 15) is 4.79 Å². The van der Waals surface area contributed by atoms with E-state index in [2.05, 4.69) is 0 Å². The molecule has 3 rings (SSSR count). The zero-order valence-electron chi connectivity index (χ0n) is 11.3. The lowest BCUT2D eigenvalue weighted by atomic mass is 9.96. The molecule has 2 aromatic rings. The quantitative estimate of drug-likeness (QED) is 0.621. The van der Waals surface area contributed by atoms with Gasteiger partial charge in [0.2, 0.25) is 0 Å². The lowest BCUT2D eigenvalue weighted by Gasteiger charge is -2.01. The molecule has 0 amide bonds. The van der Waals surface area contributed by atoms with E-state index in [1.54, 1.807) is 6.08 Å². The van der Waals surface area contributed by atoms with Gasteiger partial charge >= 0.3 is 0 Å². The number of ether oxygens (including phenoxy) is 1. The molecular weight excluding hydrogens is 248 g/mol. The minimum Gasteiger partial charge on any atom is -0.353 e. The summed E-state index contributed by atoms with van der Waals surface area (Å²) >= 11 is 0. The summed E-state index contributed by atoms with van der Waals surface area (Å²) in [6, 6.07) is 19.6. The summed E-state index contributed by atoms with van der Waals surface area (Å²) in [6.07, 6.45) is 3.31. The Bertz CT molecular complexity index is 631. The predicted octanol–water partition coefficient (Wildman–Crippen LogP) is 3.80. The molecular formula is C18H16O2. The van der Waals surface area contributed by atoms with Crippen LogP contribution in [0.15, 0.2) is 66.7 Å². The van der Waals surface area contributed by atoms with Gasteiger partial charge in [-0.1, -0.05) is 66.7 Å². The third-order valence-electron chi connectivity index (χ3n) is 3.62. The fourth-order valence-corrected chi connectivity index (χ4v) is 2.31. The fourth-order valence-electron chi connectivity index (χ4n) is 2.31. The first-order valence-electron chi connectivity index (χ1n) is 6.70. The number of ketones is 1. The molecule has 1 fully saturated rings. The summed E-state index contributed by atoms with van der Waals surface area (Å²) in [5, 5.41) is 0. The van der Waals surface area contributed by atoms with Crippen LogP contribution in [0.2, 0.25) is 0 Å². The zero-order valence-corrected chi connectivity index (χ0v) is 11.3. The smallest absolute Gasteiger partial charge is 0.190 e. The molecule has 0 N–H and O–H groups in total. The third kappa shape index (κ3) is 2.43. The first kappa shape index (κ1) is 12.8. The molecule has 0 saturated carbocycles. The van der Waals surface area contributed by atoms with Crippen molar-refractivity contribution in [1.29, 1.82) is 0 Å². The Labute approximate surface area is 118 Å². The maximum atomic E-state index is 12.3. The third-order valence-corrected chi connectivity index (χ3v) is 3.62. The lowest BCUT2D eigenvalue weighted by Crippen LogP contribution is -2.18. The summed E-state index contributed by atoms with van der Waals surface area (Å²) in [4.78, 5) is 12.3. The second kappa shape index (κ2) is 5.06. The maximum Gasteiger partial charge on any atom is 0.190 e. The van der Waals surface area contributed by atoms with Gasteiger partial charge in [0.25, 0.3) is 0 Å². The van der Waals surface area contributed by atoms with Gasteiger partial charge in [-0.2, -0.15) is 0 Å². The molecule has 1 aliphatic rings. The number of rotatable bonds is 4. The second-order valence-corrected chi connectivity index (χ2v) is 5.12. The summed E-state index contributed by atoms with van der Waals surface area (Å²) in [5.74, 6) is 0.00945. The van der Waals surface area contributed by atoms with Gasteiger partial charge in [-0.25, -0.2) is 0 Å². The Morgan fingerprint density at radius 2 is 1.65 bits per heavy atom. The van der Waals surface area contributed by atoms with Gasteiger partial charge in [0.05, 0.1) is 0 Å². The monoisotopic (exact) mass is 264 g/mol. The molecule has 20 heavy (non-hydrogen) atoms. The van der Waals surface area contributed by atoms with Crippen molar-refractivity contribution in [3.63, 3.8) is 0 Å². The minimum absolute atomic E-state index is 0.00945. The Morgan fingerprint density at radius 3 is 2.30 bits per heavy atom. The SMILES string of the molecule is C[C@@]1(C(=O)/C=C/c2ccccc2)O[C@H]1c1ccccc1. The van der Waals surface area contributed by atoms with Gasteiger partial charge in [-0.3, -0.25) is 4.79 Å². The number of carbonyl (C=O) groups is 1. The molecule has 0 bridgehead atoms. The highest BCUT2D eigenvalue weighted by molar-refractivity contribution is 6.02. The minimum atomic E-state index is -0.716.